The molecule has 0 saturated heterocycles. The Balaban J connectivity index is 1.53. The molecule has 1 atom stereocenters. The summed E-state index contributed by atoms with van der Waals surface area (Å²) in [5, 5.41) is 0.790. The molecule has 40 heavy (non-hydrogen) atoms. The number of aromatic nitrogens is 3. The highest BCUT2D eigenvalue weighted by Gasteiger charge is 2.62. The summed E-state index contributed by atoms with van der Waals surface area (Å²) in [6.07, 6.45) is 0. The summed E-state index contributed by atoms with van der Waals surface area (Å²) < 4.78 is 3.97. The van der Waals surface area contributed by atoms with Crippen LogP contribution in [0, 0.1) is 0 Å². The van der Waals surface area contributed by atoms with Gasteiger partial charge >= 0.3 is 7.79 Å². The fourth-order valence-corrected chi connectivity index (χ4v) is 8.01. The Kier molecular flexibility index (Phi) is 6.05. The van der Waals surface area contributed by atoms with Crippen molar-refractivity contribution in [2.45, 2.75) is 0 Å². The van der Waals surface area contributed by atoms with Crippen LogP contribution in [0.4, 0.5) is 23.0 Å². The van der Waals surface area contributed by atoms with Gasteiger partial charge in [-0.2, -0.15) is 19.5 Å². The second kappa shape index (κ2) is 10.0. The molecule has 5 aromatic carbocycles. The quantitative estimate of drug-likeness (QED) is 0.228. The Labute approximate surface area is 233 Å². The van der Waals surface area contributed by atoms with Crippen LogP contribution in [0.25, 0.3) is 22.8 Å². The number of nitrogens with zero attached hydrogens (tertiary/aromatic N) is 5. The van der Waals surface area contributed by atoms with Crippen LogP contribution in [0.2, 0.25) is 0 Å². The summed E-state index contributed by atoms with van der Waals surface area (Å²) in [4.78, 5) is 28.0. The van der Waals surface area contributed by atoms with E-state index in [0.29, 0.717) is 17.6 Å². The van der Waals surface area contributed by atoms with Gasteiger partial charge in [0, 0.05) is 11.1 Å². The predicted octanol–water partition coefficient (Wildman–Crippen LogP) is 7.58. The van der Waals surface area contributed by atoms with Gasteiger partial charge in [0.2, 0.25) is 0 Å². The second-order valence-electron chi connectivity index (χ2n) is 9.37. The van der Waals surface area contributed by atoms with Gasteiger partial charge in [0.05, 0.1) is 5.69 Å². The average molecular weight is 539 g/mol. The Morgan fingerprint density at radius 2 is 0.875 bits per heavy atom. The molecule has 0 fully saturated rings. The zero-order valence-electron chi connectivity index (χ0n) is 21.5. The van der Waals surface area contributed by atoms with Crippen LogP contribution in [0.3, 0.4) is 0 Å². The van der Waals surface area contributed by atoms with Crippen molar-refractivity contribution in [3.05, 3.63) is 146 Å². The minimum Gasteiger partial charge on any atom is -0.208 e. The molecule has 7 rings (SSSR count). The molecule has 1 unspecified atom stereocenters. The molecule has 0 amide bonds. The molecule has 7 heteroatoms. The smallest absolute Gasteiger partial charge is 0.208 e. The minimum atomic E-state index is -3.33. The van der Waals surface area contributed by atoms with Gasteiger partial charge < -0.3 is 0 Å². The van der Waals surface area contributed by atoms with E-state index in [1.54, 1.807) is 0 Å². The summed E-state index contributed by atoms with van der Waals surface area (Å²) in [6.45, 7) is 0. The molecule has 1 aromatic heterocycles. The van der Waals surface area contributed by atoms with Gasteiger partial charge in [-0.25, -0.2) is 4.98 Å². The van der Waals surface area contributed by atoms with E-state index in [-0.39, 0.29) is 0 Å². The lowest BCUT2D eigenvalue weighted by molar-refractivity contribution is 0.611. The third-order valence-electron chi connectivity index (χ3n) is 6.88. The van der Waals surface area contributed by atoms with Crippen LogP contribution in [-0.4, -0.2) is 19.8 Å². The van der Waals surface area contributed by atoms with Gasteiger partial charge in [-0.3, -0.25) is 0 Å². The van der Waals surface area contributed by atoms with Gasteiger partial charge in [0.15, 0.2) is 17.0 Å². The predicted molar refractivity (Wildman–Crippen MR) is 163 cm³/mol. The van der Waals surface area contributed by atoms with Crippen LogP contribution in [0.15, 0.2) is 146 Å². The molecule has 6 nitrogen and oxygen atoms in total. The van der Waals surface area contributed by atoms with E-state index in [1.807, 2.05) is 155 Å². The largest absolute Gasteiger partial charge is 0.379 e. The van der Waals surface area contributed by atoms with Crippen LogP contribution in [0.5, 0.6) is 0 Å². The van der Waals surface area contributed by atoms with E-state index < -0.39 is 7.79 Å². The maximum Gasteiger partial charge on any atom is 0.379 e. The molecule has 0 bridgehead atoms. The zero-order chi connectivity index (χ0) is 26.9. The maximum absolute atomic E-state index is 13.1. The number of para-hydroxylation sites is 3. The number of hydrogen-bond donors (Lipinski definition) is 1. The normalized spacial score (nSPS) is 16.1. The Bertz CT molecular complexity index is 1710. The van der Waals surface area contributed by atoms with Crippen molar-refractivity contribution < 1.29 is 4.89 Å². The van der Waals surface area contributed by atoms with E-state index in [1.165, 1.54) is 0 Å². The topological polar surface area (TPSA) is 65.4 Å². The third-order valence-corrected chi connectivity index (χ3v) is 9.82. The lowest BCUT2D eigenvalue weighted by Gasteiger charge is -2.30. The SMILES string of the molecule is O[P+]1(c2ccccc2)N(c2ccccc2)c2ccccc2N1c1nc(-c2ccccc2)nc(-c2ccccc2)n1. The number of hydrogen-bond acceptors (Lipinski definition) is 6. The number of benzene rings is 5. The molecular formula is C33H25N5OP+. The highest BCUT2D eigenvalue weighted by Crippen LogP contribution is 2.74. The second-order valence-corrected chi connectivity index (χ2v) is 11.8. The molecule has 0 saturated carbocycles. The first kappa shape index (κ1) is 24.2. The van der Waals surface area contributed by atoms with Gasteiger partial charge in [0.25, 0.3) is 5.95 Å². The van der Waals surface area contributed by atoms with Crippen molar-refractivity contribution in [1.29, 1.82) is 0 Å². The van der Waals surface area contributed by atoms with Crippen LogP contribution < -0.4 is 14.6 Å². The van der Waals surface area contributed by atoms with Crippen molar-refractivity contribution in [1.82, 2.24) is 15.0 Å². The van der Waals surface area contributed by atoms with Crippen LogP contribution >= 0.6 is 7.79 Å². The molecule has 1 aliphatic rings. The molecule has 1 aliphatic heterocycles. The first-order valence-electron chi connectivity index (χ1n) is 13.0. The minimum absolute atomic E-state index is 0.387. The Morgan fingerprint density at radius 3 is 1.40 bits per heavy atom. The molecule has 0 spiro atoms. The van der Waals surface area contributed by atoms with Crippen molar-refractivity contribution in [2.24, 2.45) is 0 Å². The highest BCUT2D eigenvalue weighted by molar-refractivity contribution is 7.81. The molecule has 0 radical (unpaired) electrons. The summed E-state index contributed by atoms with van der Waals surface area (Å²) in [7, 11) is -3.33. The van der Waals surface area contributed by atoms with E-state index in [4.69, 9.17) is 15.0 Å². The molecule has 0 aliphatic carbocycles. The van der Waals surface area contributed by atoms with E-state index >= 15 is 0 Å². The first-order chi connectivity index (χ1) is 19.7. The Hall–Kier alpha value is -4.90. The van der Waals surface area contributed by atoms with Gasteiger partial charge in [-0.05, 0) is 36.4 Å². The van der Waals surface area contributed by atoms with Crippen molar-refractivity contribution in [3.8, 4) is 22.8 Å². The first-order valence-corrected chi connectivity index (χ1v) is 14.7. The molecule has 1 N–H and O–H groups in total. The standard InChI is InChI=1S/C33H25N5OP/c39-40(28-21-11-4-12-22-28)37(27-19-9-3-10-20-27)29-23-13-14-24-30(29)38(40)33-35-31(25-15-5-1-6-16-25)34-32(36-33)26-17-7-2-8-18-26/h1-24,39H/q+1. The monoisotopic (exact) mass is 538 g/mol. The van der Waals surface area contributed by atoms with Crippen molar-refractivity contribution >= 4 is 36.1 Å². The summed E-state index contributed by atoms with van der Waals surface area (Å²) in [5.74, 6) is 1.47. The van der Waals surface area contributed by atoms with E-state index in [9.17, 15) is 4.89 Å². The van der Waals surface area contributed by atoms with E-state index in [0.717, 1.165) is 33.5 Å². The highest BCUT2D eigenvalue weighted by atomic mass is 31.2. The van der Waals surface area contributed by atoms with Gasteiger partial charge in [-0.15, -0.1) is 4.67 Å². The Morgan fingerprint density at radius 1 is 0.450 bits per heavy atom. The molecule has 2 heterocycles. The third kappa shape index (κ3) is 4.02. The fourth-order valence-electron chi connectivity index (χ4n) is 5.07. The summed E-state index contributed by atoms with van der Waals surface area (Å²) in [5.41, 5.74) is 4.35. The number of rotatable bonds is 5. The maximum atomic E-state index is 13.1. The average Bonchev–Trinajstić information content (AvgIpc) is 3.31. The van der Waals surface area contributed by atoms with Crippen LogP contribution in [-0.2, 0) is 0 Å². The lowest BCUT2D eigenvalue weighted by Crippen LogP contribution is -2.33. The fraction of sp³-hybridized carbons (Fsp3) is 0. The van der Waals surface area contributed by atoms with E-state index in [2.05, 4.69) is 0 Å². The number of anilines is 4. The van der Waals surface area contributed by atoms with Crippen LogP contribution in [0.1, 0.15) is 0 Å². The van der Waals surface area contributed by atoms with Crippen molar-refractivity contribution in [3.63, 3.8) is 0 Å². The number of fused-ring (bicyclic) bond motifs is 1. The lowest BCUT2D eigenvalue weighted by atomic mass is 10.2. The zero-order valence-corrected chi connectivity index (χ0v) is 22.4. The molecular weight excluding hydrogens is 513 g/mol. The molecule has 6 aromatic rings. The van der Waals surface area contributed by atoms with Gasteiger partial charge in [-0.1, -0.05) is 109 Å². The summed E-state index contributed by atoms with van der Waals surface area (Å²) >= 11 is 0. The van der Waals surface area contributed by atoms with Crippen molar-refractivity contribution in [2.75, 3.05) is 9.34 Å². The molecule has 192 valence electrons. The van der Waals surface area contributed by atoms with Gasteiger partial charge in [0.1, 0.15) is 11.4 Å². The summed E-state index contributed by atoms with van der Waals surface area (Å²) in [6, 6.07) is 47.6.